The van der Waals surface area contributed by atoms with Gasteiger partial charge in [0.25, 0.3) is 0 Å². The van der Waals surface area contributed by atoms with Crippen LogP contribution in [0.4, 0.5) is 11.6 Å². The molecule has 5 nitrogen and oxygen atoms in total. The minimum absolute atomic E-state index is 0.329. The first-order valence-electron chi connectivity index (χ1n) is 8.10. The number of likely N-dealkylation sites (N-methyl/N-ethyl adjacent to an activating group) is 1. The third kappa shape index (κ3) is 4.56. The molecule has 2 rings (SSSR count). The largest absolute Gasteiger partial charge is 0.370 e. The summed E-state index contributed by atoms with van der Waals surface area (Å²) in [6, 6.07) is 3.30. The molecule has 21 heavy (non-hydrogen) atoms. The SMILES string of the molecule is CCNc1cc(NCC(C)N(C)C2CC2)nc(C(C)C)n1. The molecule has 1 fully saturated rings. The van der Waals surface area contributed by atoms with Crippen LogP contribution >= 0.6 is 0 Å². The van der Waals surface area contributed by atoms with Crippen molar-refractivity contribution in [3.63, 3.8) is 0 Å². The zero-order valence-corrected chi connectivity index (χ0v) is 14.0. The van der Waals surface area contributed by atoms with E-state index in [0.717, 1.165) is 36.6 Å². The molecule has 1 atom stereocenters. The second kappa shape index (κ2) is 7.07. The van der Waals surface area contributed by atoms with E-state index in [1.54, 1.807) is 0 Å². The topological polar surface area (TPSA) is 53.1 Å². The molecule has 0 radical (unpaired) electrons. The maximum absolute atomic E-state index is 4.63. The van der Waals surface area contributed by atoms with Crippen LogP contribution in [-0.2, 0) is 0 Å². The summed E-state index contributed by atoms with van der Waals surface area (Å²) in [7, 11) is 2.22. The average Bonchev–Trinajstić information content (AvgIpc) is 3.28. The van der Waals surface area contributed by atoms with Crippen LogP contribution in [0.25, 0.3) is 0 Å². The van der Waals surface area contributed by atoms with Gasteiger partial charge in [-0.1, -0.05) is 13.8 Å². The van der Waals surface area contributed by atoms with Crippen molar-refractivity contribution in [1.29, 1.82) is 0 Å². The first kappa shape index (κ1) is 16.0. The number of nitrogens with zero attached hydrogens (tertiary/aromatic N) is 3. The van der Waals surface area contributed by atoms with Crippen LogP contribution in [0.1, 0.15) is 52.3 Å². The molecular formula is C16H29N5. The third-order valence-corrected chi connectivity index (χ3v) is 4.01. The number of rotatable bonds is 8. The molecule has 1 unspecified atom stereocenters. The lowest BCUT2D eigenvalue weighted by Gasteiger charge is -2.25. The molecule has 118 valence electrons. The van der Waals surface area contributed by atoms with Crippen molar-refractivity contribution < 1.29 is 0 Å². The van der Waals surface area contributed by atoms with Crippen molar-refractivity contribution in [2.24, 2.45) is 0 Å². The lowest BCUT2D eigenvalue weighted by atomic mass is 10.2. The molecule has 5 heteroatoms. The van der Waals surface area contributed by atoms with Gasteiger partial charge in [0.1, 0.15) is 17.5 Å². The van der Waals surface area contributed by atoms with Crippen LogP contribution < -0.4 is 10.6 Å². The monoisotopic (exact) mass is 291 g/mol. The van der Waals surface area contributed by atoms with Gasteiger partial charge in [-0.05, 0) is 33.7 Å². The molecule has 1 aromatic rings. The summed E-state index contributed by atoms with van der Waals surface area (Å²) in [4.78, 5) is 11.6. The van der Waals surface area contributed by atoms with Crippen LogP contribution in [0.2, 0.25) is 0 Å². The van der Waals surface area contributed by atoms with Crippen LogP contribution in [0.15, 0.2) is 6.07 Å². The normalized spacial score (nSPS) is 16.3. The Morgan fingerprint density at radius 3 is 2.33 bits per heavy atom. The van der Waals surface area contributed by atoms with E-state index in [9.17, 15) is 0 Å². The van der Waals surface area contributed by atoms with Crippen LogP contribution in [0.5, 0.6) is 0 Å². The number of hydrogen-bond acceptors (Lipinski definition) is 5. The molecule has 0 aliphatic heterocycles. The molecule has 2 N–H and O–H groups in total. The Balaban J connectivity index is 2.00. The fourth-order valence-electron chi connectivity index (χ4n) is 2.32. The highest BCUT2D eigenvalue weighted by Crippen LogP contribution is 2.27. The average molecular weight is 291 g/mol. The van der Waals surface area contributed by atoms with Crippen LogP contribution in [0, 0.1) is 0 Å². The van der Waals surface area contributed by atoms with Gasteiger partial charge in [-0.2, -0.15) is 0 Å². The number of hydrogen-bond donors (Lipinski definition) is 2. The van der Waals surface area contributed by atoms with Gasteiger partial charge >= 0.3 is 0 Å². The molecule has 0 spiro atoms. The first-order valence-corrected chi connectivity index (χ1v) is 8.10. The van der Waals surface area contributed by atoms with E-state index in [0.29, 0.717) is 12.0 Å². The van der Waals surface area contributed by atoms with Crippen LogP contribution in [-0.4, -0.2) is 47.1 Å². The highest BCUT2D eigenvalue weighted by molar-refractivity contribution is 5.47. The Morgan fingerprint density at radius 2 is 1.81 bits per heavy atom. The van der Waals surface area contributed by atoms with E-state index in [1.807, 2.05) is 6.07 Å². The fraction of sp³-hybridized carbons (Fsp3) is 0.750. The Morgan fingerprint density at radius 1 is 1.19 bits per heavy atom. The van der Waals surface area contributed by atoms with Gasteiger partial charge in [0.2, 0.25) is 0 Å². The maximum Gasteiger partial charge on any atom is 0.135 e. The van der Waals surface area contributed by atoms with E-state index in [4.69, 9.17) is 0 Å². The van der Waals surface area contributed by atoms with Crippen molar-refractivity contribution in [3.8, 4) is 0 Å². The van der Waals surface area contributed by atoms with E-state index < -0.39 is 0 Å². The first-order chi connectivity index (χ1) is 10.0. The highest BCUT2D eigenvalue weighted by atomic mass is 15.2. The summed E-state index contributed by atoms with van der Waals surface area (Å²) in [5.74, 6) is 3.04. The minimum atomic E-state index is 0.329. The van der Waals surface area contributed by atoms with Gasteiger partial charge < -0.3 is 10.6 Å². The number of anilines is 2. The lowest BCUT2D eigenvalue weighted by Crippen LogP contribution is -2.36. The Kier molecular flexibility index (Phi) is 5.39. The van der Waals surface area contributed by atoms with Crippen molar-refractivity contribution in [1.82, 2.24) is 14.9 Å². The molecule has 1 heterocycles. The van der Waals surface area contributed by atoms with Gasteiger partial charge in [-0.15, -0.1) is 0 Å². The van der Waals surface area contributed by atoms with Gasteiger partial charge in [-0.25, -0.2) is 9.97 Å². The van der Waals surface area contributed by atoms with E-state index in [2.05, 4.69) is 60.2 Å². The summed E-state index contributed by atoms with van der Waals surface area (Å²) >= 11 is 0. The van der Waals surface area contributed by atoms with Crippen molar-refractivity contribution >= 4 is 11.6 Å². The summed E-state index contributed by atoms with van der Waals surface area (Å²) in [5.41, 5.74) is 0. The van der Waals surface area contributed by atoms with Crippen LogP contribution in [0.3, 0.4) is 0 Å². The molecule has 1 aromatic heterocycles. The van der Waals surface area contributed by atoms with Crippen molar-refractivity contribution in [2.75, 3.05) is 30.8 Å². The quantitative estimate of drug-likeness (QED) is 0.771. The van der Waals surface area contributed by atoms with E-state index in [-0.39, 0.29) is 0 Å². The summed E-state index contributed by atoms with van der Waals surface area (Å²) in [6.45, 7) is 10.4. The molecule has 1 aliphatic carbocycles. The summed E-state index contributed by atoms with van der Waals surface area (Å²) < 4.78 is 0. The third-order valence-electron chi connectivity index (χ3n) is 4.01. The van der Waals surface area contributed by atoms with Gasteiger partial charge in [0.15, 0.2) is 0 Å². The molecule has 1 aliphatic rings. The van der Waals surface area contributed by atoms with Gasteiger partial charge in [0.05, 0.1) is 0 Å². The minimum Gasteiger partial charge on any atom is -0.370 e. The zero-order valence-electron chi connectivity index (χ0n) is 14.0. The smallest absolute Gasteiger partial charge is 0.135 e. The zero-order chi connectivity index (χ0) is 15.4. The summed E-state index contributed by atoms with van der Waals surface area (Å²) in [6.07, 6.45) is 2.69. The second-order valence-corrected chi connectivity index (χ2v) is 6.31. The molecule has 0 saturated heterocycles. The van der Waals surface area contributed by atoms with E-state index in [1.165, 1.54) is 12.8 Å². The Hall–Kier alpha value is -1.36. The predicted octanol–water partition coefficient (Wildman–Crippen LogP) is 2.93. The molecular weight excluding hydrogens is 262 g/mol. The highest BCUT2D eigenvalue weighted by Gasteiger charge is 2.28. The maximum atomic E-state index is 4.63. The molecule has 0 aromatic carbocycles. The van der Waals surface area contributed by atoms with Gasteiger partial charge in [-0.3, -0.25) is 4.90 Å². The molecule has 0 amide bonds. The van der Waals surface area contributed by atoms with Crippen molar-refractivity contribution in [3.05, 3.63) is 11.9 Å². The standard InChI is InChI=1S/C16H29N5/c1-6-17-14-9-15(20-16(19-14)11(2)3)18-10-12(4)21(5)13-7-8-13/h9,11-13H,6-8,10H2,1-5H3,(H2,17,18,19,20). The van der Waals surface area contributed by atoms with E-state index >= 15 is 0 Å². The Bertz CT molecular complexity index is 456. The predicted molar refractivity (Wildman–Crippen MR) is 89.0 cm³/mol. The summed E-state index contributed by atoms with van der Waals surface area (Å²) in [5, 5.41) is 6.75. The molecule has 0 bridgehead atoms. The lowest BCUT2D eigenvalue weighted by molar-refractivity contribution is 0.257. The number of nitrogens with one attached hydrogen (secondary N) is 2. The fourth-order valence-corrected chi connectivity index (χ4v) is 2.32. The molecule has 1 saturated carbocycles. The Labute approximate surface area is 128 Å². The second-order valence-electron chi connectivity index (χ2n) is 6.31. The van der Waals surface area contributed by atoms with Crippen molar-refractivity contribution in [2.45, 2.75) is 58.5 Å². The van der Waals surface area contributed by atoms with Gasteiger partial charge in [0, 0.05) is 37.2 Å². The number of aromatic nitrogens is 2.